The summed E-state index contributed by atoms with van der Waals surface area (Å²) in [6.07, 6.45) is -0.741. The van der Waals surface area contributed by atoms with Gasteiger partial charge in [-0.2, -0.15) is 0 Å². The van der Waals surface area contributed by atoms with Crippen molar-refractivity contribution in [3.63, 3.8) is 0 Å². The highest BCUT2D eigenvalue weighted by Crippen LogP contribution is 2.33. The van der Waals surface area contributed by atoms with Gasteiger partial charge in [0.1, 0.15) is 5.75 Å². The molecule has 5 heteroatoms. The van der Waals surface area contributed by atoms with E-state index in [0.29, 0.717) is 6.54 Å². The van der Waals surface area contributed by atoms with Crippen LogP contribution in [0.2, 0.25) is 0 Å². The summed E-state index contributed by atoms with van der Waals surface area (Å²) in [5.74, 6) is 0.489. The van der Waals surface area contributed by atoms with Crippen LogP contribution in [0.15, 0.2) is 48.5 Å². The normalized spacial score (nSPS) is 13.0. The zero-order valence-electron chi connectivity index (χ0n) is 15.2. The summed E-state index contributed by atoms with van der Waals surface area (Å²) in [5.41, 5.74) is 2.89. The van der Waals surface area contributed by atoms with E-state index < -0.39 is 6.10 Å². The summed E-state index contributed by atoms with van der Waals surface area (Å²) >= 11 is 0. The van der Waals surface area contributed by atoms with E-state index in [9.17, 15) is 9.90 Å². The first-order valence-electron chi connectivity index (χ1n) is 8.26. The van der Waals surface area contributed by atoms with Crippen molar-refractivity contribution in [1.82, 2.24) is 10.2 Å². The van der Waals surface area contributed by atoms with Crippen LogP contribution >= 0.6 is 0 Å². The van der Waals surface area contributed by atoms with Crippen molar-refractivity contribution in [1.29, 1.82) is 0 Å². The van der Waals surface area contributed by atoms with Gasteiger partial charge in [0.15, 0.2) is 0 Å². The first-order valence-corrected chi connectivity index (χ1v) is 8.26. The summed E-state index contributed by atoms with van der Waals surface area (Å²) in [4.78, 5) is 13.4. The number of nitrogens with one attached hydrogen (secondary N) is 1. The molecule has 0 bridgehead atoms. The molecule has 0 radical (unpaired) electrons. The van der Waals surface area contributed by atoms with Gasteiger partial charge in [0.05, 0.1) is 13.2 Å². The topological polar surface area (TPSA) is 61.8 Å². The lowest BCUT2D eigenvalue weighted by molar-refractivity contribution is 0.142. The van der Waals surface area contributed by atoms with Gasteiger partial charge in [0, 0.05) is 26.6 Å². The fraction of sp³-hybridized carbons (Fsp3) is 0.350. The van der Waals surface area contributed by atoms with Crippen LogP contribution in [0.1, 0.15) is 28.7 Å². The smallest absolute Gasteiger partial charge is 0.316 e. The third kappa shape index (κ3) is 4.73. The third-order valence-electron chi connectivity index (χ3n) is 4.31. The number of aryl methyl sites for hydroxylation is 1. The molecular weight excluding hydrogens is 316 g/mol. The molecule has 0 saturated heterocycles. The van der Waals surface area contributed by atoms with Gasteiger partial charge < -0.3 is 20.1 Å². The Hall–Kier alpha value is -2.53. The number of benzene rings is 2. The Morgan fingerprint density at radius 3 is 2.36 bits per heavy atom. The Morgan fingerprint density at radius 1 is 1.16 bits per heavy atom. The van der Waals surface area contributed by atoms with Crippen LogP contribution in [0.5, 0.6) is 5.75 Å². The molecule has 2 N–H and O–H groups in total. The molecule has 0 spiro atoms. The summed E-state index contributed by atoms with van der Waals surface area (Å²) in [6.45, 7) is 2.35. The number of amides is 2. The van der Waals surface area contributed by atoms with Gasteiger partial charge in [0.25, 0.3) is 0 Å². The lowest BCUT2D eigenvalue weighted by atomic mass is 9.86. The number of carbonyl (C=O) groups excluding carboxylic acids is 1. The molecule has 2 amide bonds. The summed E-state index contributed by atoms with van der Waals surface area (Å²) in [5, 5.41) is 13.9. The largest absolute Gasteiger partial charge is 0.497 e. The van der Waals surface area contributed by atoms with E-state index >= 15 is 0 Å². The summed E-state index contributed by atoms with van der Waals surface area (Å²) < 4.78 is 5.17. The molecule has 2 rings (SSSR count). The predicted molar refractivity (Wildman–Crippen MR) is 99.0 cm³/mol. The highest BCUT2D eigenvalue weighted by Gasteiger charge is 2.25. The molecule has 25 heavy (non-hydrogen) atoms. The van der Waals surface area contributed by atoms with Gasteiger partial charge in [-0.15, -0.1) is 0 Å². The number of aliphatic hydroxyl groups is 1. The van der Waals surface area contributed by atoms with Gasteiger partial charge >= 0.3 is 6.03 Å². The number of hydrogen-bond acceptors (Lipinski definition) is 3. The van der Waals surface area contributed by atoms with Crippen LogP contribution in [-0.4, -0.2) is 43.8 Å². The molecule has 2 aromatic rings. The number of urea groups is 1. The Kier molecular flexibility index (Phi) is 6.42. The van der Waals surface area contributed by atoms with Crippen LogP contribution in [-0.2, 0) is 0 Å². The van der Waals surface area contributed by atoms with Crippen LogP contribution in [0.3, 0.4) is 0 Å². The number of ether oxygens (including phenoxy) is 1. The number of carbonyl (C=O) groups is 1. The van der Waals surface area contributed by atoms with E-state index in [1.807, 2.05) is 55.5 Å². The Balaban J connectivity index is 2.29. The van der Waals surface area contributed by atoms with Crippen LogP contribution in [0.25, 0.3) is 0 Å². The van der Waals surface area contributed by atoms with E-state index in [1.54, 1.807) is 21.2 Å². The Morgan fingerprint density at radius 2 is 1.80 bits per heavy atom. The van der Waals surface area contributed by atoms with Gasteiger partial charge in [0.2, 0.25) is 0 Å². The highest BCUT2D eigenvalue weighted by atomic mass is 16.5. The molecule has 0 fully saturated rings. The molecule has 0 saturated carbocycles. The van der Waals surface area contributed by atoms with E-state index in [-0.39, 0.29) is 11.9 Å². The van der Waals surface area contributed by atoms with E-state index in [1.165, 1.54) is 4.90 Å². The SMILES string of the molecule is COc1ccc(C(O)C(CNC(=O)N(C)C)c2ccccc2C)cc1. The lowest BCUT2D eigenvalue weighted by Crippen LogP contribution is -2.38. The Bertz CT molecular complexity index is 698. The van der Waals surface area contributed by atoms with Crippen molar-refractivity contribution in [3.8, 4) is 5.75 Å². The van der Waals surface area contributed by atoms with E-state index in [0.717, 1.165) is 22.4 Å². The third-order valence-corrected chi connectivity index (χ3v) is 4.31. The molecule has 0 aromatic heterocycles. The van der Waals surface area contributed by atoms with Crippen molar-refractivity contribution in [2.45, 2.75) is 18.9 Å². The van der Waals surface area contributed by atoms with Crippen molar-refractivity contribution < 1.29 is 14.6 Å². The van der Waals surface area contributed by atoms with Crippen molar-refractivity contribution >= 4 is 6.03 Å². The number of nitrogens with zero attached hydrogens (tertiary/aromatic N) is 1. The van der Waals surface area contributed by atoms with Gasteiger partial charge in [-0.05, 0) is 35.7 Å². The number of aliphatic hydroxyl groups excluding tert-OH is 1. The van der Waals surface area contributed by atoms with E-state index in [4.69, 9.17) is 4.74 Å². The maximum Gasteiger partial charge on any atom is 0.316 e. The minimum Gasteiger partial charge on any atom is -0.497 e. The Labute approximate surface area is 149 Å². The summed E-state index contributed by atoms with van der Waals surface area (Å²) in [7, 11) is 4.99. The average molecular weight is 342 g/mol. The maximum absolute atomic E-state index is 11.9. The van der Waals surface area contributed by atoms with Crippen molar-refractivity contribution in [2.24, 2.45) is 0 Å². The average Bonchev–Trinajstić information content (AvgIpc) is 2.62. The summed E-state index contributed by atoms with van der Waals surface area (Å²) in [6, 6.07) is 15.1. The molecule has 0 aliphatic carbocycles. The standard InChI is InChI=1S/C20H26N2O3/c1-14-7-5-6-8-17(14)18(13-21-20(24)22(2)3)19(23)15-9-11-16(25-4)12-10-15/h5-12,18-19,23H,13H2,1-4H3,(H,21,24). The van der Waals surface area contributed by atoms with Crippen LogP contribution in [0.4, 0.5) is 4.79 Å². The second-order valence-electron chi connectivity index (χ2n) is 6.26. The minimum atomic E-state index is -0.741. The monoisotopic (exact) mass is 342 g/mol. The molecule has 2 atom stereocenters. The van der Waals surface area contributed by atoms with Gasteiger partial charge in [-0.3, -0.25) is 0 Å². The van der Waals surface area contributed by atoms with Crippen molar-refractivity contribution in [3.05, 3.63) is 65.2 Å². The van der Waals surface area contributed by atoms with Gasteiger partial charge in [-0.25, -0.2) is 4.79 Å². The quantitative estimate of drug-likeness (QED) is 0.848. The maximum atomic E-state index is 11.9. The number of rotatable bonds is 6. The first-order chi connectivity index (χ1) is 11.9. The molecular formula is C20H26N2O3. The minimum absolute atomic E-state index is 0.180. The number of hydrogen-bond donors (Lipinski definition) is 2. The molecule has 134 valence electrons. The number of methoxy groups -OCH3 is 1. The lowest BCUT2D eigenvalue weighted by Gasteiger charge is -2.26. The second kappa shape index (κ2) is 8.53. The first kappa shape index (κ1) is 18.8. The highest BCUT2D eigenvalue weighted by molar-refractivity contribution is 5.73. The van der Waals surface area contributed by atoms with E-state index in [2.05, 4.69) is 5.32 Å². The zero-order valence-corrected chi connectivity index (χ0v) is 15.2. The molecule has 2 unspecified atom stereocenters. The fourth-order valence-electron chi connectivity index (χ4n) is 2.78. The van der Waals surface area contributed by atoms with Crippen molar-refractivity contribution in [2.75, 3.05) is 27.7 Å². The molecule has 2 aromatic carbocycles. The molecule has 0 heterocycles. The predicted octanol–water partition coefficient (Wildman–Crippen LogP) is 3.09. The van der Waals surface area contributed by atoms with Crippen LogP contribution < -0.4 is 10.1 Å². The van der Waals surface area contributed by atoms with Gasteiger partial charge in [-0.1, -0.05) is 36.4 Å². The molecule has 0 aliphatic heterocycles. The molecule has 0 aliphatic rings. The molecule has 5 nitrogen and oxygen atoms in total. The fourth-order valence-corrected chi connectivity index (χ4v) is 2.78. The second-order valence-corrected chi connectivity index (χ2v) is 6.26. The zero-order chi connectivity index (χ0) is 18.4. The van der Waals surface area contributed by atoms with Crippen LogP contribution in [0, 0.1) is 6.92 Å².